The van der Waals surface area contributed by atoms with Crippen LogP contribution in [0, 0.1) is 6.92 Å². The first-order chi connectivity index (χ1) is 12.2. The Bertz CT molecular complexity index is 740. The average Bonchev–Trinajstić information content (AvgIpc) is 2.91. The fraction of sp³-hybridized carbons (Fsp3) is 0.812. The van der Waals surface area contributed by atoms with Crippen LogP contribution >= 0.6 is 0 Å². The van der Waals surface area contributed by atoms with Crippen LogP contribution in [0.4, 0.5) is 0 Å². The number of hydrogen-bond acceptors (Lipinski definition) is 8. The Balaban J connectivity index is 1.55. The molecule has 3 heterocycles. The summed E-state index contributed by atoms with van der Waals surface area (Å²) in [6.45, 7) is 5.05. The van der Waals surface area contributed by atoms with Gasteiger partial charge in [-0.1, -0.05) is 5.16 Å². The van der Waals surface area contributed by atoms with Gasteiger partial charge < -0.3 is 19.1 Å². The maximum Gasteiger partial charge on any atom is 0.225 e. The van der Waals surface area contributed by atoms with Crippen LogP contribution in [-0.4, -0.2) is 84.7 Å². The van der Waals surface area contributed by atoms with Crippen LogP contribution in [0.3, 0.4) is 0 Å². The van der Waals surface area contributed by atoms with E-state index in [0.29, 0.717) is 44.4 Å². The summed E-state index contributed by atoms with van der Waals surface area (Å²) in [6.07, 6.45) is 3.06. The van der Waals surface area contributed by atoms with Gasteiger partial charge >= 0.3 is 0 Å². The van der Waals surface area contributed by atoms with E-state index in [9.17, 15) is 13.2 Å². The number of carbonyl (C=O) groups is 1. The fourth-order valence-corrected chi connectivity index (χ4v) is 4.07. The first-order valence-corrected chi connectivity index (χ1v) is 10.9. The Hall–Kier alpha value is -1.52. The fourth-order valence-electron chi connectivity index (χ4n) is 3.48. The molecule has 0 aromatic carbocycles. The first kappa shape index (κ1) is 19.2. The third-order valence-electron chi connectivity index (χ3n) is 5.04. The molecule has 2 aliphatic rings. The van der Waals surface area contributed by atoms with Crippen molar-refractivity contribution in [2.24, 2.45) is 0 Å². The number of rotatable bonds is 5. The Kier molecular flexibility index (Phi) is 5.64. The van der Waals surface area contributed by atoms with Crippen molar-refractivity contribution in [2.75, 3.05) is 44.8 Å². The summed E-state index contributed by atoms with van der Waals surface area (Å²) >= 11 is 0. The van der Waals surface area contributed by atoms with Gasteiger partial charge in [0.2, 0.25) is 11.8 Å². The molecule has 0 aliphatic carbocycles. The van der Waals surface area contributed by atoms with Crippen LogP contribution in [0.2, 0.25) is 0 Å². The van der Waals surface area contributed by atoms with Crippen molar-refractivity contribution in [3.63, 3.8) is 0 Å². The molecule has 1 aromatic heterocycles. The van der Waals surface area contributed by atoms with Crippen LogP contribution in [-0.2, 0) is 25.9 Å². The molecule has 0 bridgehead atoms. The molecule has 2 aliphatic heterocycles. The highest BCUT2D eigenvalue weighted by molar-refractivity contribution is 7.90. The lowest BCUT2D eigenvalue weighted by atomic mass is 9.87. The zero-order valence-electron chi connectivity index (χ0n) is 15.3. The quantitative estimate of drug-likeness (QED) is 0.697. The van der Waals surface area contributed by atoms with E-state index in [1.54, 1.807) is 11.8 Å². The third-order valence-corrected chi connectivity index (χ3v) is 5.97. The van der Waals surface area contributed by atoms with E-state index in [4.69, 9.17) is 9.26 Å². The van der Waals surface area contributed by atoms with Gasteiger partial charge in [0.25, 0.3) is 0 Å². The second kappa shape index (κ2) is 7.61. The van der Waals surface area contributed by atoms with Crippen molar-refractivity contribution >= 4 is 15.7 Å². The van der Waals surface area contributed by atoms with Crippen molar-refractivity contribution < 1.29 is 22.5 Å². The molecular formula is C16H26N4O5S. The number of likely N-dealkylation sites (tertiary alicyclic amines) is 1. The van der Waals surface area contributed by atoms with Crippen LogP contribution in [0.25, 0.3) is 0 Å². The van der Waals surface area contributed by atoms with Crippen LogP contribution in [0.15, 0.2) is 4.52 Å². The van der Waals surface area contributed by atoms with Gasteiger partial charge in [0.15, 0.2) is 5.82 Å². The van der Waals surface area contributed by atoms with Gasteiger partial charge in [-0.15, -0.1) is 0 Å². The number of amides is 1. The highest BCUT2D eigenvalue weighted by Gasteiger charge is 2.40. The molecular weight excluding hydrogens is 360 g/mol. The molecule has 0 N–H and O–H groups in total. The summed E-state index contributed by atoms with van der Waals surface area (Å²) in [6, 6.07) is 0. The molecule has 146 valence electrons. The molecule has 26 heavy (non-hydrogen) atoms. The van der Waals surface area contributed by atoms with Gasteiger partial charge in [-0.25, -0.2) is 8.42 Å². The van der Waals surface area contributed by atoms with Gasteiger partial charge in [-0.2, -0.15) is 4.98 Å². The maximum atomic E-state index is 12.7. The summed E-state index contributed by atoms with van der Waals surface area (Å²) in [5.41, 5.74) is -0.444. The standard InChI is InChI=1S/C16H26N4O5S/c1-13-17-14(18-25-13)12-20-7-9-24-16(11-15(20)21)3-5-19(6-4-16)8-10-26(2,22)23/h3-12H2,1-2H3. The van der Waals surface area contributed by atoms with Crippen molar-refractivity contribution in [2.45, 2.75) is 38.3 Å². The molecule has 0 unspecified atom stereocenters. The zero-order chi connectivity index (χ0) is 18.8. The molecule has 0 atom stereocenters. The van der Waals surface area contributed by atoms with E-state index in [-0.39, 0.29) is 11.7 Å². The first-order valence-electron chi connectivity index (χ1n) is 8.86. The highest BCUT2D eigenvalue weighted by Crippen LogP contribution is 2.32. The number of sulfone groups is 1. The van der Waals surface area contributed by atoms with Crippen molar-refractivity contribution in [3.05, 3.63) is 11.7 Å². The Morgan fingerprint density at radius 1 is 1.23 bits per heavy atom. The third kappa shape index (κ3) is 5.01. The smallest absolute Gasteiger partial charge is 0.225 e. The van der Waals surface area contributed by atoms with Crippen LogP contribution < -0.4 is 0 Å². The summed E-state index contributed by atoms with van der Waals surface area (Å²) in [5, 5.41) is 3.85. The number of hydrogen-bond donors (Lipinski definition) is 0. The minimum absolute atomic E-state index is 0.0366. The minimum Gasteiger partial charge on any atom is -0.373 e. The SMILES string of the molecule is Cc1nc(CN2CCOC3(CCN(CCS(C)(=O)=O)CC3)CC2=O)no1. The highest BCUT2D eigenvalue weighted by atomic mass is 32.2. The monoisotopic (exact) mass is 386 g/mol. The van der Waals surface area contributed by atoms with Crippen LogP contribution in [0.5, 0.6) is 0 Å². The molecule has 0 saturated carbocycles. The number of piperidine rings is 1. The Labute approximate surface area is 153 Å². The summed E-state index contributed by atoms with van der Waals surface area (Å²) in [7, 11) is -2.96. The summed E-state index contributed by atoms with van der Waals surface area (Å²) in [5.74, 6) is 1.19. The Morgan fingerprint density at radius 3 is 2.58 bits per heavy atom. The van der Waals surface area contributed by atoms with E-state index < -0.39 is 15.4 Å². The van der Waals surface area contributed by atoms with E-state index in [2.05, 4.69) is 15.0 Å². The van der Waals surface area contributed by atoms with Gasteiger partial charge in [-0.05, 0) is 12.8 Å². The molecule has 1 spiro atoms. The normalized spacial score (nSPS) is 21.9. The number of nitrogens with zero attached hydrogens (tertiary/aromatic N) is 4. The average molecular weight is 386 g/mol. The van der Waals surface area contributed by atoms with E-state index in [1.165, 1.54) is 6.26 Å². The lowest BCUT2D eigenvalue weighted by molar-refractivity contribution is -0.136. The lowest BCUT2D eigenvalue weighted by Crippen LogP contribution is -2.48. The molecule has 1 aromatic rings. The second-order valence-electron chi connectivity index (χ2n) is 7.22. The van der Waals surface area contributed by atoms with Crippen molar-refractivity contribution in [1.29, 1.82) is 0 Å². The summed E-state index contributed by atoms with van der Waals surface area (Å²) < 4.78 is 33.7. The van der Waals surface area contributed by atoms with Crippen molar-refractivity contribution in [1.82, 2.24) is 19.9 Å². The van der Waals surface area contributed by atoms with E-state index in [0.717, 1.165) is 25.9 Å². The molecule has 2 fully saturated rings. The van der Waals surface area contributed by atoms with Crippen LogP contribution in [0.1, 0.15) is 31.0 Å². The van der Waals surface area contributed by atoms with Gasteiger partial charge in [-0.3, -0.25) is 4.79 Å². The molecule has 1 amide bonds. The predicted molar refractivity (Wildman–Crippen MR) is 93.1 cm³/mol. The zero-order valence-corrected chi connectivity index (χ0v) is 16.1. The molecule has 2 saturated heterocycles. The van der Waals surface area contributed by atoms with Gasteiger partial charge in [0, 0.05) is 39.4 Å². The number of aryl methyl sites for hydroxylation is 1. The molecule has 10 heteroatoms. The van der Waals surface area contributed by atoms with E-state index >= 15 is 0 Å². The van der Waals surface area contributed by atoms with E-state index in [1.807, 2.05) is 0 Å². The summed E-state index contributed by atoms with van der Waals surface area (Å²) in [4.78, 5) is 20.7. The molecule has 3 rings (SSSR count). The topological polar surface area (TPSA) is 106 Å². The predicted octanol–water partition coefficient (Wildman–Crippen LogP) is 0.00612. The minimum atomic E-state index is -2.96. The maximum absolute atomic E-state index is 12.7. The largest absolute Gasteiger partial charge is 0.373 e. The molecule has 0 radical (unpaired) electrons. The number of aromatic nitrogens is 2. The van der Waals surface area contributed by atoms with Gasteiger partial charge in [0.1, 0.15) is 9.84 Å². The second-order valence-corrected chi connectivity index (χ2v) is 9.48. The number of ether oxygens (including phenoxy) is 1. The number of carbonyl (C=O) groups excluding carboxylic acids is 1. The van der Waals surface area contributed by atoms with Gasteiger partial charge in [0.05, 0.1) is 30.9 Å². The Morgan fingerprint density at radius 2 is 1.96 bits per heavy atom. The van der Waals surface area contributed by atoms with Crippen molar-refractivity contribution in [3.8, 4) is 0 Å². The molecule has 9 nitrogen and oxygen atoms in total. The lowest BCUT2D eigenvalue weighted by Gasteiger charge is -2.40.